The van der Waals surface area contributed by atoms with Crippen LogP contribution >= 0.6 is 0 Å². The van der Waals surface area contributed by atoms with Gasteiger partial charge in [-0.3, -0.25) is 10.1 Å². The Morgan fingerprint density at radius 3 is 2.60 bits per heavy atom. The van der Waals surface area contributed by atoms with Gasteiger partial charge < -0.3 is 9.84 Å². The van der Waals surface area contributed by atoms with Crippen molar-refractivity contribution in [3.8, 4) is 0 Å². The van der Waals surface area contributed by atoms with E-state index in [-0.39, 0.29) is 12.6 Å². The molecule has 0 fully saturated rings. The van der Waals surface area contributed by atoms with Crippen LogP contribution in [0.2, 0.25) is 0 Å². The number of carboxylic acids is 1. The summed E-state index contributed by atoms with van der Waals surface area (Å²) in [5.41, 5.74) is 0. The minimum absolute atomic E-state index is 0.216. The van der Waals surface area contributed by atoms with Crippen LogP contribution in [0.4, 0.5) is 0 Å². The van der Waals surface area contributed by atoms with Gasteiger partial charge in [-0.1, -0.05) is 26.2 Å². The van der Waals surface area contributed by atoms with Crippen LogP contribution < -0.4 is 5.32 Å². The second kappa shape index (κ2) is 8.68. The fourth-order valence-corrected chi connectivity index (χ4v) is 1.48. The van der Waals surface area contributed by atoms with Crippen molar-refractivity contribution in [2.24, 2.45) is 0 Å². The molecule has 2 atom stereocenters. The standard InChI is InChI=1S/C11H23NO3/c1-4-5-6-7-9(2)12-10(8-15-3)11(13)14/h9-10,12H,4-8H2,1-3H3,(H,13,14). The Hall–Kier alpha value is -0.610. The molecule has 4 nitrogen and oxygen atoms in total. The van der Waals surface area contributed by atoms with Crippen molar-refractivity contribution in [2.75, 3.05) is 13.7 Å². The molecule has 0 amide bonds. The quantitative estimate of drug-likeness (QED) is 0.576. The molecule has 4 heteroatoms. The maximum atomic E-state index is 10.8. The van der Waals surface area contributed by atoms with Crippen LogP contribution in [0.1, 0.15) is 39.5 Å². The molecular weight excluding hydrogens is 194 g/mol. The van der Waals surface area contributed by atoms with E-state index >= 15 is 0 Å². The van der Waals surface area contributed by atoms with Gasteiger partial charge >= 0.3 is 5.97 Å². The normalized spacial score (nSPS) is 14.9. The third-order valence-electron chi connectivity index (χ3n) is 2.36. The molecule has 0 radical (unpaired) electrons. The number of nitrogens with one attached hydrogen (secondary N) is 1. The summed E-state index contributed by atoms with van der Waals surface area (Å²) in [4.78, 5) is 10.8. The molecule has 0 aliphatic carbocycles. The van der Waals surface area contributed by atoms with E-state index in [1.165, 1.54) is 20.0 Å². The van der Waals surface area contributed by atoms with Gasteiger partial charge in [0.25, 0.3) is 0 Å². The van der Waals surface area contributed by atoms with Gasteiger partial charge in [-0.05, 0) is 13.3 Å². The van der Waals surface area contributed by atoms with Crippen molar-refractivity contribution >= 4 is 5.97 Å². The Labute approximate surface area is 92.0 Å². The van der Waals surface area contributed by atoms with Crippen LogP contribution in [0, 0.1) is 0 Å². The highest BCUT2D eigenvalue weighted by atomic mass is 16.5. The van der Waals surface area contributed by atoms with Crippen LogP contribution in [-0.4, -0.2) is 36.9 Å². The monoisotopic (exact) mass is 217 g/mol. The van der Waals surface area contributed by atoms with Gasteiger partial charge in [0.15, 0.2) is 0 Å². The van der Waals surface area contributed by atoms with Gasteiger partial charge in [-0.15, -0.1) is 0 Å². The maximum absolute atomic E-state index is 10.8. The molecule has 2 N–H and O–H groups in total. The molecule has 0 aliphatic rings. The van der Waals surface area contributed by atoms with Crippen molar-refractivity contribution in [3.63, 3.8) is 0 Å². The second-order valence-electron chi connectivity index (χ2n) is 3.91. The van der Waals surface area contributed by atoms with Crippen molar-refractivity contribution < 1.29 is 14.6 Å². The van der Waals surface area contributed by atoms with Crippen LogP contribution in [0.15, 0.2) is 0 Å². The molecule has 0 heterocycles. The summed E-state index contributed by atoms with van der Waals surface area (Å²) in [7, 11) is 1.51. The molecule has 0 aromatic carbocycles. The van der Waals surface area contributed by atoms with E-state index in [0.29, 0.717) is 0 Å². The molecule has 0 saturated carbocycles. The zero-order valence-electron chi connectivity index (χ0n) is 9.95. The zero-order valence-corrected chi connectivity index (χ0v) is 9.95. The maximum Gasteiger partial charge on any atom is 0.323 e. The predicted molar refractivity (Wildman–Crippen MR) is 60.0 cm³/mol. The molecular formula is C11H23NO3. The first kappa shape index (κ1) is 14.4. The van der Waals surface area contributed by atoms with Crippen LogP contribution in [-0.2, 0) is 9.53 Å². The molecule has 0 saturated heterocycles. The number of rotatable bonds is 9. The van der Waals surface area contributed by atoms with Gasteiger partial charge in [-0.25, -0.2) is 0 Å². The van der Waals surface area contributed by atoms with Crippen molar-refractivity contribution in [1.82, 2.24) is 5.32 Å². The van der Waals surface area contributed by atoms with Gasteiger partial charge in [0.2, 0.25) is 0 Å². The highest BCUT2D eigenvalue weighted by Gasteiger charge is 2.18. The number of methoxy groups -OCH3 is 1. The highest BCUT2D eigenvalue weighted by molar-refractivity contribution is 5.73. The first-order valence-corrected chi connectivity index (χ1v) is 5.59. The summed E-state index contributed by atoms with van der Waals surface area (Å²) in [5.74, 6) is -0.848. The molecule has 0 bridgehead atoms. The third kappa shape index (κ3) is 7.33. The third-order valence-corrected chi connectivity index (χ3v) is 2.36. The fraction of sp³-hybridized carbons (Fsp3) is 0.909. The summed E-state index contributed by atoms with van der Waals surface area (Å²) in [6.45, 7) is 4.39. The number of carboxylic acid groups (broad SMARTS) is 1. The summed E-state index contributed by atoms with van der Waals surface area (Å²) in [5, 5.41) is 11.9. The van der Waals surface area contributed by atoms with E-state index in [1.807, 2.05) is 6.92 Å². The minimum Gasteiger partial charge on any atom is -0.480 e. The van der Waals surface area contributed by atoms with E-state index in [0.717, 1.165) is 12.8 Å². The van der Waals surface area contributed by atoms with E-state index in [9.17, 15) is 4.79 Å². The Bertz CT molecular complexity index is 173. The van der Waals surface area contributed by atoms with Crippen molar-refractivity contribution in [1.29, 1.82) is 0 Å². The number of ether oxygens (including phenoxy) is 1. The molecule has 2 unspecified atom stereocenters. The summed E-state index contributed by atoms with van der Waals surface area (Å²) >= 11 is 0. The average molecular weight is 217 g/mol. The van der Waals surface area contributed by atoms with E-state index in [2.05, 4.69) is 12.2 Å². The van der Waals surface area contributed by atoms with Crippen molar-refractivity contribution in [3.05, 3.63) is 0 Å². The Morgan fingerprint density at radius 1 is 1.47 bits per heavy atom. The largest absolute Gasteiger partial charge is 0.480 e. The molecule has 90 valence electrons. The van der Waals surface area contributed by atoms with Crippen molar-refractivity contribution in [2.45, 2.75) is 51.6 Å². The summed E-state index contributed by atoms with van der Waals surface area (Å²) in [6.07, 6.45) is 4.55. The lowest BCUT2D eigenvalue weighted by molar-refractivity contribution is -0.141. The first-order valence-electron chi connectivity index (χ1n) is 5.59. The Morgan fingerprint density at radius 2 is 2.13 bits per heavy atom. The van der Waals surface area contributed by atoms with Crippen LogP contribution in [0.25, 0.3) is 0 Å². The van der Waals surface area contributed by atoms with Gasteiger partial charge in [-0.2, -0.15) is 0 Å². The SMILES string of the molecule is CCCCCC(C)NC(COC)C(=O)O. The van der Waals surface area contributed by atoms with Gasteiger partial charge in [0, 0.05) is 13.2 Å². The summed E-state index contributed by atoms with van der Waals surface area (Å²) < 4.78 is 4.85. The molecule has 0 rings (SSSR count). The van der Waals surface area contributed by atoms with Crippen LogP contribution in [0.3, 0.4) is 0 Å². The first-order chi connectivity index (χ1) is 7.11. The predicted octanol–water partition coefficient (Wildman–Crippen LogP) is 1.64. The smallest absolute Gasteiger partial charge is 0.323 e. The molecule has 0 aliphatic heterocycles. The number of carbonyl (C=O) groups is 1. The number of hydrogen-bond donors (Lipinski definition) is 2. The van der Waals surface area contributed by atoms with Gasteiger partial charge in [0.05, 0.1) is 6.61 Å². The van der Waals surface area contributed by atoms with Gasteiger partial charge in [0.1, 0.15) is 6.04 Å². The fourth-order valence-electron chi connectivity index (χ4n) is 1.48. The Kier molecular flexibility index (Phi) is 8.33. The summed E-state index contributed by atoms with van der Waals surface area (Å²) in [6, 6.07) is -0.362. The average Bonchev–Trinajstić information content (AvgIpc) is 2.17. The van der Waals surface area contributed by atoms with Crippen LogP contribution in [0.5, 0.6) is 0 Å². The zero-order chi connectivity index (χ0) is 11.7. The lowest BCUT2D eigenvalue weighted by Gasteiger charge is -2.19. The van der Waals surface area contributed by atoms with E-state index < -0.39 is 12.0 Å². The molecule has 0 aromatic heterocycles. The van der Waals surface area contributed by atoms with E-state index in [1.54, 1.807) is 0 Å². The molecule has 0 spiro atoms. The van der Waals surface area contributed by atoms with E-state index in [4.69, 9.17) is 9.84 Å². The molecule has 0 aromatic rings. The number of hydrogen-bond acceptors (Lipinski definition) is 3. The number of unbranched alkanes of at least 4 members (excludes halogenated alkanes) is 2. The number of aliphatic carboxylic acids is 1. The lowest BCUT2D eigenvalue weighted by atomic mass is 10.1. The topological polar surface area (TPSA) is 58.6 Å². The second-order valence-corrected chi connectivity index (χ2v) is 3.91. The minimum atomic E-state index is -0.848. The highest BCUT2D eigenvalue weighted by Crippen LogP contribution is 2.03. The Balaban J connectivity index is 3.78. The lowest BCUT2D eigenvalue weighted by Crippen LogP contribution is -2.44. The molecule has 15 heavy (non-hydrogen) atoms.